The van der Waals surface area contributed by atoms with Crippen LogP contribution in [0.1, 0.15) is 42.1 Å². The highest BCUT2D eigenvalue weighted by Crippen LogP contribution is 2.24. The highest BCUT2D eigenvalue weighted by molar-refractivity contribution is 6.30. The van der Waals surface area contributed by atoms with Crippen molar-refractivity contribution in [1.29, 1.82) is 5.26 Å². The quantitative estimate of drug-likeness (QED) is 0.709. The van der Waals surface area contributed by atoms with Gasteiger partial charge in [0.05, 0.1) is 35.8 Å². The number of carbonyl (C=O) groups is 1. The third kappa shape index (κ3) is 5.26. The van der Waals surface area contributed by atoms with Crippen molar-refractivity contribution in [2.24, 2.45) is 0 Å². The first-order valence-electron chi connectivity index (χ1n) is 10.6. The van der Waals surface area contributed by atoms with Crippen LogP contribution in [0.2, 0.25) is 5.02 Å². The molecule has 2 aliphatic rings. The minimum atomic E-state index is -0.594. The molecule has 32 heavy (non-hydrogen) atoms. The second-order valence-corrected chi connectivity index (χ2v) is 8.31. The average Bonchev–Trinajstić information content (AvgIpc) is 2.81. The van der Waals surface area contributed by atoms with Gasteiger partial charge in [-0.25, -0.2) is 19.2 Å². The summed E-state index contributed by atoms with van der Waals surface area (Å²) in [4.78, 5) is 23.7. The van der Waals surface area contributed by atoms with Crippen molar-refractivity contribution >= 4 is 23.6 Å². The molecule has 0 aliphatic carbocycles. The molecule has 4 rings (SSSR count). The molecule has 1 atom stereocenters. The van der Waals surface area contributed by atoms with Gasteiger partial charge in [0, 0.05) is 32.0 Å². The van der Waals surface area contributed by atoms with Gasteiger partial charge >= 0.3 is 6.03 Å². The Kier molecular flexibility index (Phi) is 7.02. The second-order valence-electron chi connectivity index (χ2n) is 7.91. The number of hydrogen-bond acceptors (Lipinski definition) is 6. The number of urea groups is 1. The van der Waals surface area contributed by atoms with Crippen molar-refractivity contribution in [2.45, 2.75) is 44.3 Å². The summed E-state index contributed by atoms with van der Waals surface area (Å²) in [5.41, 5.74) is 2.40. The van der Waals surface area contributed by atoms with Crippen LogP contribution >= 0.6 is 11.6 Å². The van der Waals surface area contributed by atoms with Crippen LogP contribution in [-0.4, -0.2) is 46.7 Å². The number of benzene rings is 1. The van der Waals surface area contributed by atoms with Crippen molar-refractivity contribution < 1.29 is 13.9 Å². The fourth-order valence-corrected chi connectivity index (χ4v) is 4.07. The molecule has 168 valence electrons. The zero-order chi connectivity index (χ0) is 22.5. The van der Waals surface area contributed by atoms with Gasteiger partial charge in [-0.3, -0.25) is 0 Å². The van der Waals surface area contributed by atoms with Crippen LogP contribution in [0.4, 0.5) is 15.1 Å². The highest BCUT2D eigenvalue weighted by atomic mass is 35.5. The molecule has 8 nitrogen and oxygen atoms in total. The molecule has 1 saturated heterocycles. The van der Waals surface area contributed by atoms with Crippen molar-refractivity contribution in [3.05, 3.63) is 52.1 Å². The third-order valence-electron chi connectivity index (χ3n) is 5.73. The number of rotatable bonds is 5. The molecule has 1 fully saturated rings. The van der Waals surface area contributed by atoms with E-state index >= 15 is 0 Å². The summed E-state index contributed by atoms with van der Waals surface area (Å²) in [6.07, 6.45) is 4.31. The molecule has 3 heterocycles. The Morgan fingerprint density at radius 2 is 2.22 bits per heavy atom. The van der Waals surface area contributed by atoms with E-state index in [1.807, 2.05) is 6.20 Å². The first kappa shape index (κ1) is 22.2. The van der Waals surface area contributed by atoms with Crippen LogP contribution in [0.15, 0.2) is 24.4 Å². The Hall–Kier alpha value is -2.96. The van der Waals surface area contributed by atoms with E-state index in [-0.39, 0.29) is 23.5 Å². The lowest BCUT2D eigenvalue weighted by atomic mass is 10.0. The molecule has 1 aromatic heterocycles. The van der Waals surface area contributed by atoms with E-state index in [9.17, 15) is 14.4 Å². The zero-order valence-corrected chi connectivity index (χ0v) is 18.2. The summed E-state index contributed by atoms with van der Waals surface area (Å²) < 4.78 is 18.9. The van der Waals surface area contributed by atoms with E-state index in [0.717, 1.165) is 37.3 Å². The van der Waals surface area contributed by atoms with Gasteiger partial charge in [0.25, 0.3) is 0 Å². The molecule has 10 heteroatoms. The van der Waals surface area contributed by atoms with Gasteiger partial charge in [0.1, 0.15) is 5.82 Å². The third-order valence-corrected chi connectivity index (χ3v) is 6.02. The van der Waals surface area contributed by atoms with Crippen LogP contribution < -0.4 is 10.6 Å². The number of anilines is 1. The lowest BCUT2D eigenvalue weighted by Crippen LogP contribution is -2.44. The fraction of sp³-hybridized carbons (Fsp3) is 0.455. The van der Waals surface area contributed by atoms with E-state index in [0.29, 0.717) is 31.0 Å². The van der Waals surface area contributed by atoms with Crippen LogP contribution in [-0.2, 0) is 17.7 Å². The Labute approximate surface area is 190 Å². The number of amides is 2. The summed E-state index contributed by atoms with van der Waals surface area (Å²) in [6, 6.07) is 5.63. The molecule has 0 saturated carbocycles. The number of nitrogens with zero attached hydrogens (tertiary/aromatic N) is 4. The largest absolute Gasteiger partial charge is 0.381 e. The van der Waals surface area contributed by atoms with Crippen molar-refractivity contribution in [1.82, 2.24) is 20.2 Å². The molecule has 1 aromatic carbocycles. The number of halogens is 2. The first-order chi connectivity index (χ1) is 15.5. The van der Waals surface area contributed by atoms with E-state index in [2.05, 4.69) is 26.7 Å². The van der Waals surface area contributed by atoms with Crippen LogP contribution in [0.25, 0.3) is 0 Å². The number of aromatic nitrogens is 2. The van der Waals surface area contributed by atoms with Crippen LogP contribution in [0.3, 0.4) is 0 Å². The molecule has 2 aliphatic heterocycles. The molecular weight excluding hydrogens is 435 g/mol. The van der Waals surface area contributed by atoms with Crippen LogP contribution in [0, 0.1) is 17.1 Å². The fourth-order valence-electron chi connectivity index (χ4n) is 3.88. The molecule has 2 amide bonds. The van der Waals surface area contributed by atoms with Gasteiger partial charge in [0.2, 0.25) is 5.95 Å². The van der Waals surface area contributed by atoms with Gasteiger partial charge in [0.15, 0.2) is 0 Å². The highest BCUT2D eigenvalue weighted by Gasteiger charge is 2.25. The van der Waals surface area contributed by atoms with Crippen molar-refractivity contribution in [3.63, 3.8) is 0 Å². The Balaban J connectivity index is 1.43. The SMILES string of the molecule is N#CC[C@@H](NC(=O)N1CCc2cnc(NC3CCOCC3)nc2C1)c1ccc(F)c(Cl)c1. The van der Waals surface area contributed by atoms with E-state index in [4.69, 9.17) is 16.3 Å². The molecular formula is C22H24ClFN6O2. The summed E-state index contributed by atoms with van der Waals surface area (Å²) in [5.74, 6) is 0.0103. The summed E-state index contributed by atoms with van der Waals surface area (Å²) in [6.45, 7) is 2.30. The van der Waals surface area contributed by atoms with Gasteiger partial charge in [-0.1, -0.05) is 17.7 Å². The Morgan fingerprint density at radius 1 is 1.41 bits per heavy atom. The molecule has 2 N–H and O–H groups in total. The zero-order valence-electron chi connectivity index (χ0n) is 17.5. The van der Waals surface area contributed by atoms with Crippen molar-refractivity contribution in [3.8, 4) is 6.07 Å². The minimum absolute atomic E-state index is 0.0411. The van der Waals surface area contributed by atoms with Gasteiger partial charge in [-0.05, 0) is 42.5 Å². The second kappa shape index (κ2) is 10.1. The predicted molar refractivity (Wildman–Crippen MR) is 117 cm³/mol. The topological polar surface area (TPSA) is 103 Å². The molecule has 0 unspecified atom stereocenters. The number of hydrogen-bond donors (Lipinski definition) is 2. The molecule has 0 bridgehead atoms. The Morgan fingerprint density at radius 3 is 2.97 bits per heavy atom. The van der Waals surface area contributed by atoms with Gasteiger partial charge in [-0.2, -0.15) is 5.26 Å². The summed E-state index contributed by atoms with van der Waals surface area (Å²) in [5, 5.41) is 15.4. The number of ether oxygens (including phenoxy) is 1. The standard InChI is InChI=1S/C22H24ClFN6O2/c23-17-11-14(1-2-18(17)24)19(3-7-25)29-22(31)30-8-4-15-12-26-21(28-20(15)13-30)27-16-5-9-32-10-6-16/h1-2,11-12,16,19H,3-6,8-10,13H2,(H,29,31)(H,26,27,28)/t19-/m1/s1. The normalized spacial score (nSPS) is 17.2. The smallest absolute Gasteiger partial charge is 0.318 e. The maximum atomic E-state index is 13.5. The van der Waals surface area contributed by atoms with E-state index < -0.39 is 11.9 Å². The lowest BCUT2D eigenvalue weighted by molar-refractivity contribution is 0.0903. The molecule has 0 radical (unpaired) electrons. The molecule has 0 spiro atoms. The predicted octanol–water partition coefficient (Wildman–Crippen LogP) is 3.58. The number of carbonyl (C=O) groups excluding carboxylic acids is 1. The van der Waals surface area contributed by atoms with Crippen molar-refractivity contribution in [2.75, 3.05) is 25.1 Å². The van der Waals surface area contributed by atoms with E-state index in [1.54, 1.807) is 4.90 Å². The number of nitriles is 1. The monoisotopic (exact) mass is 458 g/mol. The van der Waals surface area contributed by atoms with Crippen LogP contribution in [0.5, 0.6) is 0 Å². The lowest BCUT2D eigenvalue weighted by Gasteiger charge is -2.30. The van der Waals surface area contributed by atoms with Gasteiger partial charge < -0.3 is 20.3 Å². The van der Waals surface area contributed by atoms with Gasteiger partial charge in [-0.15, -0.1) is 0 Å². The number of fused-ring (bicyclic) bond motifs is 1. The number of nitrogens with one attached hydrogen (secondary N) is 2. The van der Waals surface area contributed by atoms with E-state index in [1.165, 1.54) is 18.2 Å². The summed E-state index contributed by atoms with van der Waals surface area (Å²) in [7, 11) is 0. The Bertz CT molecular complexity index is 1020. The summed E-state index contributed by atoms with van der Waals surface area (Å²) >= 11 is 5.88. The molecule has 2 aromatic rings. The maximum Gasteiger partial charge on any atom is 0.318 e. The maximum absolute atomic E-state index is 13.5. The average molecular weight is 459 g/mol. The minimum Gasteiger partial charge on any atom is -0.381 e. The first-order valence-corrected chi connectivity index (χ1v) is 11.0.